The summed E-state index contributed by atoms with van der Waals surface area (Å²) in [5.74, 6) is 1.98. The standard InChI is InChI=1S/C14H16N2O2S/c1-8(2)13-12(16-14(15)19-13)9-3-4-10-11(7-9)18-6-5-17-10/h3-4,7-8H,5-6H2,1-2H3,(H2,15,16). The molecule has 0 spiro atoms. The Morgan fingerprint density at radius 3 is 2.68 bits per heavy atom. The molecule has 2 aromatic rings. The molecule has 0 bridgehead atoms. The molecule has 0 radical (unpaired) electrons. The van der Waals surface area contributed by atoms with Crippen LogP contribution in [0.5, 0.6) is 11.5 Å². The lowest BCUT2D eigenvalue weighted by atomic mass is 10.0. The van der Waals surface area contributed by atoms with Gasteiger partial charge in [-0.05, 0) is 24.1 Å². The van der Waals surface area contributed by atoms with E-state index >= 15 is 0 Å². The molecular weight excluding hydrogens is 260 g/mol. The van der Waals surface area contributed by atoms with Crippen LogP contribution < -0.4 is 15.2 Å². The van der Waals surface area contributed by atoms with Gasteiger partial charge in [-0.15, -0.1) is 11.3 Å². The lowest BCUT2D eigenvalue weighted by Crippen LogP contribution is -2.15. The minimum Gasteiger partial charge on any atom is -0.486 e. The van der Waals surface area contributed by atoms with Gasteiger partial charge in [-0.1, -0.05) is 13.8 Å². The van der Waals surface area contributed by atoms with Crippen LogP contribution in [0.15, 0.2) is 18.2 Å². The summed E-state index contributed by atoms with van der Waals surface area (Å²) in [5.41, 5.74) is 7.83. The van der Waals surface area contributed by atoms with Crippen LogP contribution in [0.4, 0.5) is 5.13 Å². The molecule has 5 heteroatoms. The Labute approximate surface area is 116 Å². The number of fused-ring (bicyclic) bond motifs is 1. The molecule has 0 aliphatic carbocycles. The number of anilines is 1. The molecule has 1 aliphatic heterocycles. The van der Waals surface area contributed by atoms with Gasteiger partial charge in [-0.2, -0.15) is 0 Å². The van der Waals surface area contributed by atoms with E-state index in [-0.39, 0.29) is 0 Å². The summed E-state index contributed by atoms with van der Waals surface area (Å²) in [4.78, 5) is 5.65. The highest BCUT2D eigenvalue weighted by Gasteiger charge is 2.18. The van der Waals surface area contributed by atoms with Crippen molar-refractivity contribution >= 4 is 16.5 Å². The van der Waals surface area contributed by atoms with Crippen LogP contribution in [0.1, 0.15) is 24.6 Å². The van der Waals surface area contributed by atoms with Gasteiger partial charge in [-0.25, -0.2) is 4.98 Å². The summed E-state index contributed by atoms with van der Waals surface area (Å²) in [6, 6.07) is 5.92. The monoisotopic (exact) mass is 276 g/mol. The Morgan fingerprint density at radius 2 is 1.95 bits per heavy atom. The van der Waals surface area contributed by atoms with Gasteiger partial charge < -0.3 is 15.2 Å². The summed E-state index contributed by atoms with van der Waals surface area (Å²) in [7, 11) is 0. The molecule has 4 nitrogen and oxygen atoms in total. The number of aromatic nitrogens is 1. The maximum Gasteiger partial charge on any atom is 0.180 e. The highest BCUT2D eigenvalue weighted by molar-refractivity contribution is 7.15. The molecule has 3 rings (SSSR count). The van der Waals surface area contributed by atoms with Crippen LogP contribution in [0.25, 0.3) is 11.3 Å². The minimum absolute atomic E-state index is 0.401. The van der Waals surface area contributed by atoms with Gasteiger partial charge in [0.05, 0.1) is 5.69 Å². The van der Waals surface area contributed by atoms with E-state index in [0.717, 1.165) is 22.8 Å². The Hall–Kier alpha value is -1.75. The normalized spacial score (nSPS) is 13.8. The predicted molar refractivity (Wildman–Crippen MR) is 77.0 cm³/mol. The van der Waals surface area contributed by atoms with Crippen LogP contribution in [0, 0.1) is 0 Å². The molecule has 0 amide bonds. The van der Waals surface area contributed by atoms with E-state index in [4.69, 9.17) is 15.2 Å². The molecule has 0 fully saturated rings. The Morgan fingerprint density at radius 1 is 1.21 bits per heavy atom. The predicted octanol–water partition coefficient (Wildman–Crippen LogP) is 3.29. The molecule has 0 atom stereocenters. The maximum absolute atomic E-state index is 5.84. The first kappa shape index (κ1) is 12.3. The van der Waals surface area contributed by atoms with Crippen LogP contribution in [0.2, 0.25) is 0 Å². The number of nitrogen functional groups attached to an aromatic ring is 1. The zero-order chi connectivity index (χ0) is 13.4. The van der Waals surface area contributed by atoms with Crippen LogP contribution in [0.3, 0.4) is 0 Å². The Balaban J connectivity index is 2.07. The third kappa shape index (κ3) is 2.26. The van der Waals surface area contributed by atoms with E-state index in [1.54, 1.807) is 11.3 Å². The molecule has 19 heavy (non-hydrogen) atoms. The van der Waals surface area contributed by atoms with Crippen molar-refractivity contribution in [3.63, 3.8) is 0 Å². The van der Waals surface area contributed by atoms with E-state index < -0.39 is 0 Å². The maximum atomic E-state index is 5.84. The largest absolute Gasteiger partial charge is 0.486 e. The first-order valence-electron chi connectivity index (χ1n) is 6.31. The molecule has 1 aromatic heterocycles. The number of benzene rings is 1. The van der Waals surface area contributed by atoms with Crippen molar-refractivity contribution in [2.45, 2.75) is 19.8 Å². The molecular formula is C14H16N2O2S. The minimum atomic E-state index is 0.401. The third-order valence-electron chi connectivity index (χ3n) is 3.01. The fraction of sp³-hybridized carbons (Fsp3) is 0.357. The lowest BCUT2D eigenvalue weighted by molar-refractivity contribution is 0.171. The number of rotatable bonds is 2. The number of nitrogens with zero attached hydrogens (tertiary/aromatic N) is 1. The van der Waals surface area contributed by atoms with Crippen LogP contribution in [-0.4, -0.2) is 18.2 Å². The van der Waals surface area contributed by atoms with Crippen LogP contribution >= 0.6 is 11.3 Å². The van der Waals surface area contributed by atoms with Gasteiger partial charge in [0, 0.05) is 10.4 Å². The van der Waals surface area contributed by atoms with Gasteiger partial charge in [0.2, 0.25) is 0 Å². The summed E-state index contributed by atoms with van der Waals surface area (Å²) in [5, 5.41) is 0.605. The number of ether oxygens (including phenoxy) is 2. The summed E-state index contributed by atoms with van der Waals surface area (Å²) in [6.07, 6.45) is 0. The number of hydrogen-bond acceptors (Lipinski definition) is 5. The van der Waals surface area contributed by atoms with E-state index in [1.165, 1.54) is 4.88 Å². The number of thiazole rings is 1. The van der Waals surface area contributed by atoms with Gasteiger partial charge in [0.1, 0.15) is 13.2 Å². The first-order chi connectivity index (χ1) is 9.15. The Kier molecular flexibility index (Phi) is 3.06. The smallest absolute Gasteiger partial charge is 0.180 e. The highest BCUT2D eigenvalue weighted by atomic mass is 32.1. The highest BCUT2D eigenvalue weighted by Crippen LogP contribution is 2.39. The number of nitrogens with two attached hydrogens (primary N) is 1. The van der Waals surface area contributed by atoms with Crippen molar-refractivity contribution in [3.8, 4) is 22.8 Å². The second-order valence-electron chi connectivity index (χ2n) is 4.78. The molecule has 1 aliphatic rings. The number of hydrogen-bond donors (Lipinski definition) is 1. The van der Waals surface area contributed by atoms with Gasteiger partial charge in [0.25, 0.3) is 0 Å². The van der Waals surface area contributed by atoms with Gasteiger partial charge >= 0.3 is 0 Å². The summed E-state index contributed by atoms with van der Waals surface area (Å²) in [6.45, 7) is 5.49. The quantitative estimate of drug-likeness (QED) is 0.914. The zero-order valence-corrected chi connectivity index (χ0v) is 11.8. The molecule has 0 saturated heterocycles. The van der Waals surface area contributed by atoms with Crippen LogP contribution in [-0.2, 0) is 0 Å². The van der Waals surface area contributed by atoms with Crippen molar-refractivity contribution in [1.82, 2.24) is 4.98 Å². The molecule has 2 N–H and O–H groups in total. The van der Waals surface area contributed by atoms with E-state index in [9.17, 15) is 0 Å². The van der Waals surface area contributed by atoms with E-state index in [1.807, 2.05) is 18.2 Å². The molecule has 100 valence electrons. The topological polar surface area (TPSA) is 57.4 Å². The van der Waals surface area contributed by atoms with E-state index in [0.29, 0.717) is 24.3 Å². The molecule has 0 unspecified atom stereocenters. The average Bonchev–Trinajstić information content (AvgIpc) is 2.80. The van der Waals surface area contributed by atoms with Crippen molar-refractivity contribution in [2.24, 2.45) is 0 Å². The van der Waals surface area contributed by atoms with E-state index in [2.05, 4.69) is 18.8 Å². The van der Waals surface area contributed by atoms with Crippen molar-refractivity contribution in [3.05, 3.63) is 23.1 Å². The molecule has 2 heterocycles. The summed E-state index contributed by atoms with van der Waals surface area (Å²) >= 11 is 1.55. The second-order valence-corrected chi connectivity index (χ2v) is 5.84. The van der Waals surface area contributed by atoms with Crippen molar-refractivity contribution in [2.75, 3.05) is 18.9 Å². The summed E-state index contributed by atoms with van der Waals surface area (Å²) < 4.78 is 11.1. The SMILES string of the molecule is CC(C)c1sc(N)nc1-c1ccc2c(c1)OCCO2. The van der Waals surface area contributed by atoms with Crippen molar-refractivity contribution in [1.29, 1.82) is 0 Å². The van der Waals surface area contributed by atoms with Crippen molar-refractivity contribution < 1.29 is 9.47 Å². The molecule has 1 aromatic carbocycles. The average molecular weight is 276 g/mol. The third-order valence-corrected chi connectivity index (χ3v) is 4.19. The lowest BCUT2D eigenvalue weighted by Gasteiger charge is -2.18. The zero-order valence-electron chi connectivity index (χ0n) is 11.0. The first-order valence-corrected chi connectivity index (χ1v) is 7.13. The fourth-order valence-corrected chi connectivity index (χ4v) is 3.00. The fourth-order valence-electron chi connectivity index (χ4n) is 2.14. The van der Waals surface area contributed by atoms with Gasteiger partial charge in [0.15, 0.2) is 16.6 Å². The molecule has 0 saturated carbocycles. The second kappa shape index (κ2) is 4.74. The Bertz CT molecular complexity index is 607. The van der Waals surface area contributed by atoms with Gasteiger partial charge in [-0.3, -0.25) is 0 Å².